The normalized spacial score (nSPS) is 10.5. The van der Waals surface area contributed by atoms with Crippen LogP contribution in [0.3, 0.4) is 0 Å². The SMILES string of the molecule is CCc1ccc(C(=O)NCc2sccc2Br)s1. The highest BCUT2D eigenvalue weighted by Gasteiger charge is 2.09. The van der Waals surface area contributed by atoms with Gasteiger partial charge in [0.1, 0.15) is 0 Å². The molecule has 0 spiro atoms. The fraction of sp³-hybridized carbons (Fsp3) is 0.250. The topological polar surface area (TPSA) is 29.1 Å². The lowest BCUT2D eigenvalue weighted by molar-refractivity contribution is 0.0955. The Bertz CT molecular complexity index is 518. The predicted octanol–water partition coefficient (Wildman–Crippen LogP) is 4.06. The molecule has 0 aliphatic carbocycles. The quantitative estimate of drug-likeness (QED) is 0.900. The maximum Gasteiger partial charge on any atom is 0.261 e. The molecule has 0 aliphatic rings. The number of aryl methyl sites for hydroxylation is 1. The molecule has 0 bridgehead atoms. The first-order valence-electron chi connectivity index (χ1n) is 5.29. The van der Waals surface area contributed by atoms with E-state index in [0.717, 1.165) is 20.6 Å². The van der Waals surface area contributed by atoms with Crippen LogP contribution in [0.4, 0.5) is 0 Å². The van der Waals surface area contributed by atoms with E-state index in [1.807, 2.05) is 23.6 Å². The Hall–Kier alpha value is -0.650. The molecule has 2 nitrogen and oxygen atoms in total. The Morgan fingerprint density at radius 3 is 2.82 bits per heavy atom. The highest BCUT2D eigenvalue weighted by Crippen LogP contribution is 2.22. The van der Waals surface area contributed by atoms with Gasteiger partial charge in [0.05, 0.1) is 11.4 Å². The molecule has 1 amide bonds. The summed E-state index contributed by atoms with van der Waals surface area (Å²) >= 11 is 6.65. The average Bonchev–Trinajstić information content (AvgIpc) is 2.94. The molecule has 2 aromatic rings. The van der Waals surface area contributed by atoms with Gasteiger partial charge in [0.25, 0.3) is 5.91 Å². The molecular formula is C12H12BrNOS2. The van der Waals surface area contributed by atoms with Gasteiger partial charge in [0.2, 0.25) is 0 Å². The molecule has 2 rings (SSSR count). The molecule has 0 atom stereocenters. The van der Waals surface area contributed by atoms with Gasteiger partial charge in [0.15, 0.2) is 0 Å². The van der Waals surface area contributed by atoms with E-state index in [2.05, 4.69) is 28.2 Å². The highest BCUT2D eigenvalue weighted by molar-refractivity contribution is 9.10. The Balaban J connectivity index is 1.95. The summed E-state index contributed by atoms with van der Waals surface area (Å²) in [6, 6.07) is 5.90. The van der Waals surface area contributed by atoms with Gasteiger partial charge in [-0.2, -0.15) is 0 Å². The van der Waals surface area contributed by atoms with Crippen molar-refractivity contribution in [2.45, 2.75) is 19.9 Å². The third kappa shape index (κ3) is 3.18. The van der Waals surface area contributed by atoms with Crippen LogP contribution in [0.1, 0.15) is 26.3 Å². The van der Waals surface area contributed by atoms with Crippen LogP contribution >= 0.6 is 38.6 Å². The third-order valence-electron chi connectivity index (χ3n) is 2.33. The fourth-order valence-electron chi connectivity index (χ4n) is 1.39. The van der Waals surface area contributed by atoms with Crippen molar-refractivity contribution < 1.29 is 4.79 Å². The van der Waals surface area contributed by atoms with Crippen LogP contribution in [0.25, 0.3) is 0 Å². The van der Waals surface area contributed by atoms with Crippen LogP contribution in [0.5, 0.6) is 0 Å². The molecule has 2 aromatic heterocycles. The number of amides is 1. The van der Waals surface area contributed by atoms with E-state index in [-0.39, 0.29) is 5.91 Å². The van der Waals surface area contributed by atoms with Crippen LogP contribution in [0.15, 0.2) is 28.1 Å². The smallest absolute Gasteiger partial charge is 0.261 e. The standard InChI is InChI=1S/C12H12BrNOS2/c1-2-8-3-4-10(17-8)12(15)14-7-11-9(13)5-6-16-11/h3-6H,2,7H2,1H3,(H,14,15). The van der Waals surface area contributed by atoms with Crippen molar-refractivity contribution in [1.29, 1.82) is 0 Å². The zero-order valence-corrected chi connectivity index (χ0v) is 12.5. The Labute approximate surface area is 117 Å². The van der Waals surface area contributed by atoms with Gasteiger partial charge < -0.3 is 5.32 Å². The summed E-state index contributed by atoms with van der Waals surface area (Å²) in [6.07, 6.45) is 0.981. The van der Waals surface area contributed by atoms with Gasteiger partial charge in [-0.25, -0.2) is 0 Å². The van der Waals surface area contributed by atoms with Gasteiger partial charge in [-0.1, -0.05) is 6.92 Å². The summed E-state index contributed by atoms with van der Waals surface area (Å²) in [7, 11) is 0. The van der Waals surface area contributed by atoms with Crippen LogP contribution in [0.2, 0.25) is 0 Å². The largest absolute Gasteiger partial charge is 0.346 e. The van der Waals surface area contributed by atoms with E-state index in [1.165, 1.54) is 4.88 Å². The highest BCUT2D eigenvalue weighted by atomic mass is 79.9. The fourth-order valence-corrected chi connectivity index (χ4v) is 3.68. The molecule has 0 radical (unpaired) electrons. The maximum atomic E-state index is 11.9. The first-order chi connectivity index (χ1) is 8.20. The monoisotopic (exact) mass is 329 g/mol. The van der Waals surface area contributed by atoms with Gasteiger partial charge in [-0.15, -0.1) is 22.7 Å². The van der Waals surface area contributed by atoms with Crippen LogP contribution in [-0.2, 0) is 13.0 Å². The minimum atomic E-state index is 0.00926. The second kappa shape index (κ2) is 5.80. The molecule has 2 heterocycles. The van der Waals surface area contributed by atoms with Crippen molar-refractivity contribution in [2.75, 3.05) is 0 Å². The second-order valence-electron chi connectivity index (χ2n) is 3.49. The summed E-state index contributed by atoms with van der Waals surface area (Å²) in [5.41, 5.74) is 0. The number of rotatable bonds is 4. The molecule has 0 saturated carbocycles. The van der Waals surface area contributed by atoms with Crippen LogP contribution < -0.4 is 5.32 Å². The molecule has 17 heavy (non-hydrogen) atoms. The van der Waals surface area contributed by atoms with E-state index in [4.69, 9.17) is 0 Å². The number of halogens is 1. The van der Waals surface area contributed by atoms with E-state index in [1.54, 1.807) is 22.7 Å². The molecule has 0 saturated heterocycles. The van der Waals surface area contributed by atoms with Gasteiger partial charge in [-0.3, -0.25) is 4.79 Å². The minimum Gasteiger partial charge on any atom is -0.346 e. The predicted molar refractivity (Wildman–Crippen MR) is 76.9 cm³/mol. The average molecular weight is 330 g/mol. The van der Waals surface area contributed by atoms with E-state index in [9.17, 15) is 4.79 Å². The van der Waals surface area contributed by atoms with Crippen molar-refractivity contribution in [2.24, 2.45) is 0 Å². The lowest BCUT2D eigenvalue weighted by Gasteiger charge is -2.01. The summed E-state index contributed by atoms with van der Waals surface area (Å²) in [5, 5.41) is 4.94. The summed E-state index contributed by atoms with van der Waals surface area (Å²) in [5.74, 6) is 0.00926. The molecule has 5 heteroatoms. The van der Waals surface area contributed by atoms with Crippen LogP contribution in [-0.4, -0.2) is 5.91 Å². The Kier molecular flexibility index (Phi) is 4.36. The summed E-state index contributed by atoms with van der Waals surface area (Å²) in [4.78, 5) is 15.0. The number of carbonyl (C=O) groups excluding carboxylic acids is 1. The lowest BCUT2D eigenvalue weighted by Crippen LogP contribution is -2.21. The van der Waals surface area contributed by atoms with Crippen molar-refractivity contribution in [1.82, 2.24) is 5.32 Å². The lowest BCUT2D eigenvalue weighted by atomic mass is 10.3. The minimum absolute atomic E-state index is 0.00926. The molecule has 0 unspecified atom stereocenters. The summed E-state index contributed by atoms with van der Waals surface area (Å²) in [6.45, 7) is 2.67. The Morgan fingerprint density at radius 2 is 2.24 bits per heavy atom. The first kappa shape index (κ1) is 12.8. The van der Waals surface area contributed by atoms with Crippen LogP contribution in [0, 0.1) is 0 Å². The van der Waals surface area contributed by atoms with E-state index >= 15 is 0 Å². The van der Waals surface area contributed by atoms with E-state index < -0.39 is 0 Å². The molecule has 0 aliphatic heterocycles. The van der Waals surface area contributed by atoms with Crippen molar-refractivity contribution in [3.05, 3.63) is 42.7 Å². The van der Waals surface area contributed by atoms with Gasteiger partial charge in [-0.05, 0) is 45.9 Å². The second-order valence-corrected chi connectivity index (χ2v) is 6.52. The number of nitrogens with one attached hydrogen (secondary N) is 1. The van der Waals surface area contributed by atoms with Gasteiger partial charge >= 0.3 is 0 Å². The molecule has 90 valence electrons. The first-order valence-corrected chi connectivity index (χ1v) is 7.78. The Morgan fingerprint density at radius 1 is 1.41 bits per heavy atom. The molecule has 0 aromatic carbocycles. The molecule has 1 N–H and O–H groups in total. The van der Waals surface area contributed by atoms with E-state index in [0.29, 0.717) is 6.54 Å². The molecular weight excluding hydrogens is 318 g/mol. The third-order valence-corrected chi connectivity index (χ3v) is 5.49. The zero-order chi connectivity index (χ0) is 12.3. The molecule has 0 fully saturated rings. The number of hydrogen-bond acceptors (Lipinski definition) is 3. The number of thiophene rings is 2. The number of hydrogen-bond donors (Lipinski definition) is 1. The number of carbonyl (C=O) groups is 1. The maximum absolute atomic E-state index is 11.9. The van der Waals surface area contributed by atoms with Crippen molar-refractivity contribution in [3.63, 3.8) is 0 Å². The zero-order valence-electron chi connectivity index (χ0n) is 9.33. The van der Waals surface area contributed by atoms with Crippen molar-refractivity contribution >= 4 is 44.5 Å². The van der Waals surface area contributed by atoms with Gasteiger partial charge in [0, 0.05) is 14.2 Å². The van der Waals surface area contributed by atoms with Crippen molar-refractivity contribution in [3.8, 4) is 0 Å². The summed E-state index contributed by atoms with van der Waals surface area (Å²) < 4.78 is 1.06.